The van der Waals surface area contributed by atoms with E-state index in [2.05, 4.69) is 24.0 Å². The van der Waals surface area contributed by atoms with Crippen LogP contribution in [0.15, 0.2) is 30.3 Å². The topological polar surface area (TPSA) is 32.7 Å². The van der Waals surface area contributed by atoms with E-state index in [0.717, 1.165) is 18.7 Å². The van der Waals surface area contributed by atoms with Crippen molar-refractivity contribution in [1.82, 2.24) is 4.90 Å². The molecule has 3 atom stereocenters. The lowest BCUT2D eigenvalue weighted by Gasteiger charge is -2.44. The number of nitrogens with zero attached hydrogens (tertiary/aromatic N) is 1. The van der Waals surface area contributed by atoms with Gasteiger partial charge >= 0.3 is 6.92 Å². The smallest absolute Gasteiger partial charge is 0.301 e. The molecular weight excluding hydrogens is 381 g/mol. The van der Waals surface area contributed by atoms with Crippen LogP contribution in [0.2, 0.25) is 11.6 Å². The van der Waals surface area contributed by atoms with Crippen molar-refractivity contribution in [2.24, 2.45) is 5.92 Å². The van der Waals surface area contributed by atoms with Gasteiger partial charge in [-0.1, -0.05) is 108 Å². The molecule has 1 aromatic carbocycles. The van der Waals surface area contributed by atoms with E-state index >= 15 is 0 Å². The number of benzene rings is 1. The van der Waals surface area contributed by atoms with E-state index in [9.17, 15) is 5.11 Å². The van der Waals surface area contributed by atoms with Crippen LogP contribution in [0.4, 0.5) is 0 Å². The highest BCUT2D eigenvalue weighted by molar-refractivity contribution is 6.55. The fourth-order valence-corrected chi connectivity index (χ4v) is 6.52. The molecule has 172 valence electrons. The van der Waals surface area contributed by atoms with Crippen LogP contribution in [0.1, 0.15) is 102 Å². The summed E-state index contributed by atoms with van der Waals surface area (Å²) in [6, 6.07) is 10.2. The first-order valence-electron chi connectivity index (χ1n) is 13.4. The Morgan fingerprint density at radius 2 is 1.32 bits per heavy atom. The second-order valence-corrected chi connectivity index (χ2v) is 10.6. The van der Waals surface area contributed by atoms with Crippen molar-refractivity contribution in [3.05, 3.63) is 35.9 Å². The van der Waals surface area contributed by atoms with E-state index in [-0.39, 0.29) is 12.1 Å². The molecule has 0 amide bonds. The predicted octanol–water partition coefficient (Wildman–Crippen LogP) is 6.84. The van der Waals surface area contributed by atoms with Crippen molar-refractivity contribution in [3.63, 3.8) is 0 Å². The van der Waals surface area contributed by atoms with E-state index in [1.807, 2.05) is 18.2 Å². The summed E-state index contributed by atoms with van der Waals surface area (Å²) in [5, 5.41) is 11.3. The molecule has 1 saturated heterocycles. The predicted molar refractivity (Wildman–Crippen MR) is 130 cm³/mol. The molecule has 4 rings (SSSR count). The molecule has 2 aliphatic carbocycles. The standard InChI is InChI=1S/C27H44BNO2/c1-22(26(30)23-14-6-2-7-15-23)27(29-20-12-5-13-21-29)31-28(24-16-8-3-9-17-24)25-18-10-4-11-19-25/h2,6-7,14-15,22,24-27,30H,3-5,8-13,16-21H2,1H3/t22-,26+,27?/m0/s1. The molecule has 0 radical (unpaired) electrons. The van der Waals surface area contributed by atoms with Crippen molar-refractivity contribution in [1.29, 1.82) is 0 Å². The monoisotopic (exact) mass is 425 g/mol. The van der Waals surface area contributed by atoms with Gasteiger partial charge in [0.05, 0.1) is 6.10 Å². The molecule has 4 heteroatoms. The van der Waals surface area contributed by atoms with Gasteiger partial charge in [0.1, 0.15) is 6.23 Å². The van der Waals surface area contributed by atoms with Crippen molar-refractivity contribution < 1.29 is 9.76 Å². The normalized spacial score (nSPS) is 25.1. The van der Waals surface area contributed by atoms with Crippen LogP contribution in [0.5, 0.6) is 0 Å². The van der Waals surface area contributed by atoms with Crippen LogP contribution in [0.25, 0.3) is 0 Å². The van der Waals surface area contributed by atoms with Crippen molar-refractivity contribution in [2.75, 3.05) is 13.1 Å². The SMILES string of the molecule is C[C@H](C(OB(C1CCCCC1)C1CCCCC1)N1CCCCC1)[C@@H](O)c1ccccc1. The summed E-state index contributed by atoms with van der Waals surface area (Å²) in [7, 11) is 0. The van der Waals surface area contributed by atoms with E-state index in [1.54, 1.807) is 0 Å². The van der Waals surface area contributed by atoms with E-state index < -0.39 is 6.10 Å². The van der Waals surface area contributed by atoms with Gasteiger partial charge in [0.2, 0.25) is 0 Å². The van der Waals surface area contributed by atoms with Crippen LogP contribution >= 0.6 is 0 Å². The molecule has 1 aromatic rings. The zero-order chi connectivity index (χ0) is 21.5. The zero-order valence-electron chi connectivity index (χ0n) is 19.8. The molecule has 0 spiro atoms. The van der Waals surface area contributed by atoms with Crippen molar-refractivity contribution >= 4 is 6.92 Å². The number of piperidine rings is 1. The number of rotatable bonds is 8. The average Bonchev–Trinajstić information content (AvgIpc) is 2.86. The van der Waals surface area contributed by atoms with E-state index in [4.69, 9.17) is 4.65 Å². The highest BCUT2D eigenvalue weighted by Crippen LogP contribution is 2.43. The highest BCUT2D eigenvalue weighted by Gasteiger charge is 2.41. The summed E-state index contributed by atoms with van der Waals surface area (Å²) in [5.74, 6) is 1.49. The Bertz CT molecular complexity index is 605. The molecule has 1 heterocycles. The summed E-state index contributed by atoms with van der Waals surface area (Å²) < 4.78 is 7.24. The molecule has 1 unspecified atom stereocenters. The summed E-state index contributed by atoms with van der Waals surface area (Å²) in [6.45, 7) is 4.81. The maximum Gasteiger partial charge on any atom is 0.301 e. The molecular formula is C27H44BNO2. The molecule has 3 aliphatic rings. The van der Waals surface area contributed by atoms with Crippen LogP contribution < -0.4 is 0 Å². The maximum atomic E-state index is 11.3. The Morgan fingerprint density at radius 1 is 0.806 bits per heavy atom. The van der Waals surface area contributed by atoms with Crippen molar-refractivity contribution in [3.8, 4) is 0 Å². The van der Waals surface area contributed by atoms with Gasteiger partial charge in [0.15, 0.2) is 0 Å². The van der Waals surface area contributed by atoms with Crippen molar-refractivity contribution in [2.45, 2.75) is 114 Å². The Labute approximate surface area is 191 Å². The first-order chi connectivity index (χ1) is 15.2. The lowest BCUT2D eigenvalue weighted by molar-refractivity contribution is -0.0703. The molecule has 1 N–H and O–H groups in total. The Balaban J connectivity index is 1.55. The number of hydrogen-bond acceptors (Lipinski definition) is 3. The maximum absolute atomic E-state index is 11.3. The Morgan fingerprint density at radius 3 is 1.87 bits per heavy atom. The van der Waals surface area contributed by atoms with Gasteiger partial charge in [0, 0.05) is 19.0 Å². The number of aliphatic hydroxyl groups excluding tert-OH is 1. The van der Waals surface area contributed by atoms with Gasteiger partial charge in [-0.3, -0.25) is 4.90 Å². The van der Waals surface area contributed by atoms with Crippen LogP contribution in [0, 0.1) is 5.92 Å². The second kappa shape index (κ2) is 11.9. The molecule has 3 fully saturated rings. The van der Waals surface area contributed by atoms with Gasteiger partial charge in [0.25, 0.3) is 0 Å². The van der Waals surface area contributed by atoms with Gasteiger partial charge in [-0.2, -0.15) is 0 Å². The molecule has 1 aliphatic heterocycles. The summed E-state index contributed by atoms with van der Waals surface area (Å²) in [5.41, 5.74) is 1.02. The number of hydrogen-bond donors (Lipinski definition) is 1. The number of aliphatic hydroxyl groups is 1. The van der Waals surface area contributed by atoms with Gasteiger partial charge in [-0.05, 0) is 30.0 Å². The minimum Gasteiger partial charge on any atom is -0.420 e. The Kier molecular flexibility index (Phi) is 8.93. The first kappa shape index (κ1) is 23.3. The largest absolute Gasteiger partial charge is 0.420 e. The van der Waals surface area contributed by atoms with Gasteiger partial charge < -0.3 is 9.76 Å². The van der Waals surface area contributed by atoms with Crippen LogP contribution in [0.3, 0.4) is 0 Å². The minimum absolute atomic E-state index is 0.0179. The molecule has 0 aromatic heterocycles. The third-order valence-electron chi connectivity index (χ3n) is 8.36. The average molecular weight is 425 g/mol. The Hall–Kier alpha value is -0.835. The molecule has 0 bridgehead atoms. The fraction of sp³-hybridized carbons (Fsp3) is 0.778. The fourth-order valence-electron chi connectivity index (χ4n) is 6.52. The second-order valence-electron chi connectivity index (χ2n) is 10.6. The number of likely N-dealkylation sites (tertiary alicyclic amines) is 1. The third kappa shape index (κ3) is 6.15. The van der Waals surface area contributed by atoms with Gasteiger partial charge in [-0.15, -0.1) is 0 Å². The molecule has 3 nitrogen and oxygen atoms in total. The van der Waals surface area contributed by atoms with Crippen LogP contribution in [-0.4, -0.2) is 36.2 Å². The summed E-state index contributed by atoms with van der Waals surface area (Å²) in [6.07, 6.45) is 17.0. The molecule has 2 saturated carbocycles. The summed E-state index contributed by atoms with van der Waals surface area (Å²) >= 11 is 0. The van der Waals surface area contributed by atoms with Crippen LogP contribution in [-0.2, 0) is 4.65 Å². The zero-order valence-corrected chi connectivity index (χ0v) is 19.8. The van der Waals surface area contributed by atoms with E-state index in [0.29, 0.717) is 18.6 Å². The lowest BCUT2D eigenvalue weighted by Crippen LogP contribution is -2.50. The van der Waals surface area contributed by atoms with E-state index in [1.165, 1.54) is 83.5 Å². The van der Waals surface area contributed by atoms with Gasteiger partial charge in [-0.25, -0.2) is 0 Å². The quantitative estimate of drug-likeness (QED) is 0.463. The summed E-state index contributed by atoms with van der Waals surface area (Å²) in [4.78, 5) is 2.57. The highest BCUT2D eigenvalue weighted by atomic mass is 16.5. The lowest BCUT2D eigenvalue weighted by atomic mass is 9.41. The third-order valence-corrected chi connectivity index (χ3v) is 8.36. The first-order valence-corrected chi connectivity index (χ1v) is 13.4. The molecule has 31 heavy (non-hydrogen) atoms. The minimum atomic E-state index is -0.480.